The van der Waals surface area contributed by atoms with E-state index in [0.29, 0.717) is 0 Å². The Kier molecular flexibility index (Phi) is 27.4. The number of carboxylic acid groups (broad SMARTS) is 2. The van der Waals surface area contributed by atoms with Crippen molar-refractivity contribution < 1.29 is 73.5 Å². The van der Waals surface area contributed by atoms with E-state index in [9.17, 15) is 73.5 Å². The molecule has 9 atom stereocenters. The molecule has 0 aliphatic heterocycles. The third kappa shape index (κ3) is 23.9. The van der Waals surface area contributed by atoms with E-state index in [1.807, 2.05) is 0 Å². The van der Waals surface area contributed by atoms with Crippen LogP contribution in [0.5, 0.6) is 0 Å². The van der Waals surface area contributed by atoms with Gasteiger partial charge in [-0.25, -0.2) is 4.79 Å². The van der Waals surface area contributed by atoms with E-state index in [2.05, 4.69) is 42.5 Å². The summed E-state index contributed by atoms with van der Waals surface area (Å²) in [4.78, 5) is 129. The fourth-order valence-corrected chi connectivity index (χ4v) is 6.11. The highest BCUT2D eigenvalue weighted by molar-refractivity contribution is 5.98. The Labute approximate surface area is 379 Å². The largest absolute Gasteiger partial charge is 0.481 e. The highest BCUT2D eigenvalue weighted by atomic mass is 16.4. The number of carboxylic acids is 2. The van der Waals surface area contributed by atoms with Gasteiger partial charge in [-0.05, 0) is 62.7 Å². The molecule has 15 N–H and O–H groups in total. The number of nitrogens with one attached hydrogen (secondary N) is 8. The molecule has 0 aliphatic carbocycles. The second-order valence-electron chi connectivity index (χ2n) is 17.6. The zero-order valence-corrected chi connectivity index (χ0v) is 38.8. The van der Waals surface area contributed by atoms with Crippen molar-refractivity contribution in [3.8, 4) is 0 Å². The highest BCUT2D eigenvalue weighted by Gasteiger charge is 2.35. The van der Waals surface area contributed by atoms with Crippen LogP contribution in [-0.2, 0) is 47.9 Å². The summed E-state index contributed by atoms with van der Waals surface area (Å²) in [7, 11) is 0. The molecule has 0 spiro atoms. The van der Waals surface area contributed by atoms with Crippen molar-refractivity contribution in [3.63, 3.8) is 0 Å². The molecule has 0 saturated heterocycles. The molecule has 0 aromatic rings. The van der Waals surface area contributed by atoms with Crippen LogP contribution in [0.1, 0.15) is 101 Å². The normalized spacial score (nSPS) is 15.5. The van der Waals surface area contributed by atoms with Crippen LogP contribution in [-0.4, -0.2) is 159 Å². The summed E-state index contributed by atoms with van der Waals surface area (Å²) in [6.07, 6.45) is -2.21. The minimum absolute atomic E-state index is 0.00685. The number of aliphatic hydroxyl groups excluding tert-OH is 3. The molecule has 0 bridgehead atoms. The molecule has 0 heterocycles. The summed E-state index contributed by atoms with van der Waals surface area (Å²) in [6.45, 7) is 12.6. The summed E-state index contributed by atoms with van der Waals surface area (Å²) in [5, 5.41) is 66.8. The summed E-state index contributed by atoms with van der Waals surface area (Å²) < 4.78 is 0. The van der Waals surface area contributed by atoms with Gasteiger partial charge in [0.05, 0.1) is 25.9 Å². The molecule has 0 aliphatic rings. The molecule has 0 radical (unpaired) electrons. The Hall–Kier alpha value is -5.46. The molecule has 0 rings (SSSR count). The molecule has 24 heteroatoms. The summed E-state index contributed by atoms with van der Waals surface area (Å²) in [5.74, 6) is -11.0. The monoisotopic (exact) mass is 932 g/mol. The van der Waals surface area contributed by atoms with Crippen molar-refractivity contribution in [2.24, 2.45) is 29.4 Å². The lowest BCUT2D eigenvalue weighted by Gasteiger charge is -2.28. The molecule has 0 fully saturated rings. The van der Waals surface area contributed by atoms with Crippen molar-refractivity contribution >= 4 is 59.2 Å². The van der Waals surface area contributed by atoms with Crippen molar-refractivity contribution in [1.29, 1.82) is 0 Å². The number of carbonyl (C=O) groups is 10. The van der Waals surface area contributed by atoms with E-state index in [4.69, 9.17) is 5.73 Å². The van der Waals surface area contributed by atoms with E-state index in [-0.39, 0.29) is 49.4 Å². The van der Waals surface area contributed by atoms with E-state index in [1.165, 1.54) is 6.92 Å². The molecule has 65 heavy (non-hydrogen) atoms. The van der Waals surface area contributed by atoms with Crippen molar-refractivity contribution in [1.82, 2.24) is 42.5 Å². The Morgan fingerprint density at radius 2 is 0.754 bits per heavy atom. The Morgan fingerprint density at radius 1 is 0.446 bits per heavy atom. The molecule has 0 aromatic heterocycles. The van der Waals surface area contributed by atoms with Crippen molar-refractivity contribution in [2.75, 3.05) is 19.8 Å². The number of hydrogen-bond donors (Lipinski definition) is 14. The Morgan fingerprint density at radius 3 is 1.08 bits per heavy atom. The van der Waals surface area contributed by atoms with Crippen LogP contribution in [0.25, 0.3) is 0 Å². The molecule has 8 amide bonds. The summed E-state index contributed by atoms with van der Waals surface area (Å²) in [5.41, 5.74) is 5.58. The maximum Gasteiger partial charge on any atom is 0.328 e. The molecule has 24 nitrogen and oxygen atoms in total. The number of aliphatic carboxylic acids is 2. The second-order valence-corrected chi connectivity index (χ2v) is 17.6. The lowest BCUT2D eigenvalue weighted by molar-refractivity contribution is -0.143. The van der Waals surface area contributed by atoms with Gasteiger partial charge in [0.15, 0.2) is 0 Å². The Balaban J connectivity index is 6.37. The average molecular weight is 932 g/mol. The van der Waals surface area contributed by atoms with Crippen LogP contribution in [0, 0.1) is 23.7 Å². The van der Waals surface area contributed by atoms with Crippen molar-refractivity contribution in [2.45, 2.75) is 155 Å². The van der Waals surface area contributed by atoms with Crippen LogP contribution in [0.2, 0.25) is 0 Å². The zero-order chi connectivity index (χ0) is 50.3. The number of rotatable bonds is 31. The molecule has 0 saturated carbocycles. The zero-order valence-electron chi connectivity index (χ0n) is 38.8. The quantitative estimate of drug-likeness (QED) is 0.0318. The molecule has 0 aromatic carbocycles. The first-order chi connectivity index (χ1) is 30.1. The van der Waals surface area contributed by atoms with E-state index >= 15 is 0 Å². The number of hydrogen-bond acceptors (Lipinski definition) is 14. The van der Waals surface area contributed by atoms with Gasteiger partial charge >= 0.3 is 11.9 Å². The fourth-order valence-electron chi connectivity index (χ4n) is 6.11. The van der Waals surface area contributed by atoms with Crippen molar-refractivity contribution in [3.05, 3.63) is 0 Å². The van der Waals surface area contributed by atoms with Gasteiger partial charge in [-0.1, -0.05) is 55.4 Å². The molecular formula is C41H73N9O15. The number of amides is 8. The van der Waals surface area contributed by atoms with Gasteiger partial charge in [-0.15, -0.1) is 0 Å². The SMILES string of the molecule is CC(C)C[C@H](NC(=O)CNC(=O)[C@@H](N)[C@@H](C)O)C(=O)N[C@@H](CCC(=O)O)C(=O)N[C@@H](CC(C)C)C(=O)N[C@@H](CC(C)C)C(=O)N[C@@H](CO)C(=O)N[C@@H](CC(C)C)C(=O)N[C@@H](CO)C(=O)O. The summed E-state index contributed by atoms with van der Waals surface area (Å²) in [6, 6.07) is -11.5. The number of aliphatic hydroxyl groups is 3. The van der Waals surface area contributed by atoms with Gasteiger partial charge in [0.2, 0.25) is 47.3 Å². The van der Waals surface area contributed by atoms with Crippen LogP contribution >= 0.6 is 0 Å². The minimum Gasteiger partial charge on any atom is -0.481 e. The first kappa shape index (κ1) is 59.5. The van der Waals surface area contributed by atoms with Gasteiger partial charge in [0, 0.05) is 6.42 Å². The maximum atomic E-state index is 13.9. The topological polar surface area (TPSA) is 394 Å². The van der Waals surface area contributed by atoms with Gasteiger partial charge < -0.3 is 73.8 Å². The van der Waals surface area contributed by atoms with Gasteiger partial charge in [-0.3, -0.25) is 43.2 Å². The smallest absolute Gasteiger partial charge is 0.328 e. The maximum absolute atomic E-state index is 13.9. The van der Waals surface area contributed by atoms with E-state index in [0.717, 1.165) is 0 Å². The Bertz CT molecular complexity index is 1630. The third-order valence-corrected chi connectivity index (χ3v) is 9.52. The first-order valence-corrected chi connectivity index (χ1v) is 21.6. The molecule has 372 valence electrons. The predicted octanol–water partition coefficient (Wildman–Crippen LogP) is -3.68. The predicted molar refractivity (Wildman–Crippen MR) is 233 cm³/mol. The van der Waals surface area contributed by atoms with Crippen LogP contribution in [0.15, 0.2) is 0 Å². The second kappa shape index (κ2) is 29.9. The van der Waals surface area contributed by atoms with E-state index in [1.54, 1.807) is 55.4 Å². The number of carbonyl (C=O) groups excluding carboxylic acids is 8. The van der Waals surface area contributed by atoms with Crippen LogP contribution in [0.3, 0.4) is 0 Å². The van der Waals surface area contributed by atoms with Crippen LogP contribution in [0.4, 0.5) is 0 Å². The van der Waals surface area contributed by atoms with E-state index < -0.39 is 146 Å². The van der Waals surface area contributed by atoms with Crippen LogP contribution < -0.4 is 48.3 Å². The minimum atomic E-state index is -1.67. The standard InChI is InChI=1S/C41H73N9O15/c1-19(2)12-25(44-31(54)16-43-40(63)33(42)23(9)53)35(58)45-24(10-11-32(55)56)34(57)46-26(13-20(3)4)36(59)47-27(14-21(5)6)37(60)49-29(17-51)39(62)48-28(15-22(7)8)38(61)50-30(18-52)41(64)65/h19-30,33,51-53H,10-18,42H2,1-9H3,(H,43,63)(H,44,54)(H,45,58)(H,46,57)(H,47,59)(H,48,62)(H,49,60)(H,50,61)(H,55,56)(H,64,65)/t23-,24+,25+,26+,27+,28+,29+,30+,33+/m1/s1. The lowest BCUT2D eigenvalue weighted by atomic mass is 9.99. The van der Waals surface area contributed by atoms with Gasteiger partial charge in [0.1, 0.15) is 48.3 Å². The summed E-state index contributed by atoms with van der Waals surface area (Å²) >= 11 is 0. The van der Waals surface area contributed by atoms with Gasteiger partial charge in [0.25, 0.3) is 0 Å². The highest BCUT2D eigenvalue weighted by Crippen LogP contribution is 2.12. The van der Waals surface area contributed by atoms with Gasteiger partial charge in [-0.2, -0.15) is 0 Å². The molecular weight excluding hydrogens is 858 g/mol. The number of nitrogens with two attached hydrogens (primary N) is 1. The first-order valence-electron chi connectivity index (χ1n) is 21.6. The third-order valence-electron chi connectivity index (χ3n) is 9.52. The lowest BCUT2D eigenvalue weighted by Crippen LogP contribution is -2.61. The average Bonchev–Trinajstić information content (AvgIpc) is 3.19. The molecule has 0 unspecified atom stereocenters. The fraction of sp³-hybridized carbons (Fsp3) is 0.756.